The maximum atomic E-state index is 6.24. The van der Waals surface area contributed by atoms with Crippen LogP contribution in [0.25, 0.3) is 0 Å². The second kappa shape index (κ2) is 6.26. The molecule has 5 heteroatoms. The third-order valence-electron chi connectivity index (χ3n) is 2.94. The molecule has 0 amide bonds. The van der Waals surface area contributed by atoms with Gasteiger partial charge < -0.3 is 8.23 Å². The Morgan fingerprint density at radius 1 is 0.889 bits per heavy atom. The number of hydrogen-bond donors (Lipinski definition) is 0. The zero-order chi connectivity index (χ0) is 12.8. The van der Waals surface area contributed by atoms with E-state index in [4.69, 9.17) is 8.23 Å². The summed E-state index contributed by atoms with van der Waals surface area (Å²) in [6, 6.07) is 20.8. The molecular weight excluding hydrogens is 272 g/mol. The van der Waals surface area contributed by atoms with E-state index in [1.165, 1.54) is 10.4 Å². The first-order chi connectivity index (χ1) is 8.83. The molecule has 0 heterocycles. The van der Waals surface area contributed by atoms with Crippen LogP contribution in [0.15, 0.2) is 60.7 Å². The van der Waals surface area contributed by atoms with Crippen molar-refractivity contribution in [2.24, 2.45) is 0 Å². The van der Waals surface area contributed by atoms with E-state index in [-0.39, 0.29) is 0 Å². The van der Waals surface area contributed by atoms with Crippen molar-refractivity contribution in [1.29, 1.82) is 0 Å². The fourth-order valence-electron chi connectivity index (χ4n) is 2.15. The third kappa shape index (κ3) is 2.55. The van der Waals surface area contributed by atoms with E-state index in [1.807, 2.05) is 12.1 Å². The van der Waals surface area contributed by atoms with Gasteiger partial charge in [-0.05, 0) is 10.4 Å². The standard InChI is InChI=1S/C13H18O2Si3/c1-17-15-18(14-16,12-8-4-2-5-9-12)13-10-6-3-7-11-13/h2-11H,17H2,1,16H3. The van der Waals surface area contributed by atoms with Gasteiger partial charge in [0.15, 0.2) is 0 Å². The maximum Gasteiger partial charge on any atom is 0.385 e. The molecule has 0 aliphatic heterocycles. The summed E-state index contributed by atoms with van der Waals surface area (Å²) in [5.41, 5.74) is 0. The minimum Gasteiger partial charge on any atom is -0.439 e. The van der Waals surface area contributed by atoms with Crippen molar-refractivity contribution in [2.75, 3.05) is 0 Å². The van der Waals surface area contributed by atoms with E-state index in [1.54, 1.807) is 0 Å². The van der Waals surface area contributed by atoms with Gasteiger partial charge in [-0.25, -0.2) is 0 Å². The maximum absolute atomic E-state index is 6.24. The van der Waals surface area contributed by atoms with Gasteiger partial charge in [0.25, 0.3) is 0 Å². The molecule has 0 unspecified atom stereocenters. The van der Waals surface area contributed by atoms with Gasteiger partial charge in [-0.2, -0.15) is 0 Å². The summed E-state index contributed by atoms with van der Waals surface area (Å²) in [7, 11) is -2.24. The summed E-state index contributed by atoms with van der Waals surface area (Å²) in [5, 5.41) is 2.42. The molecule has 0 atom stereocenters. The largest absolute Gasteiger partial charge is 0.439 e. The number of rotatable bonds is 5. The SMILES string of the molecule is C[SiH2]O[Si](O[SiH3])(c1ccccc1)c1ccccc1. The van der Waals surface area contributed by atoms with Gasteiger partial charge in [0.1, 0.15) is 20.2 Å². The summed E-state index contributed by atoms with van der Waals surface area (Å²) >= 11 is 0. The Bertz CT molecular complexity index is 437. The van der Waals surface area contributed by atoms with Crippen molar-refractivity contribution in [3.8, 4) is 0 Å². The summed E-state index contributed by atoms with van der Waals surface area (Å²) < 4.78 is 12.3. The van der Waals surface area contributed by atoms with Gasteiger partial charge in [0.2, 0.25) is 0 Å². The van der Waals surface area contributed by atoms with Gasteiger partial charge in [-0.15, -0.1) is 0 Å². The van der Waals surface area contributed by atoms with Crippen LogP contribution in [0.2, 0.25) is 6.55 Å². The quantitative estimate of drug-likeness (QED) is 0.703. The molecule has 0 bridgehead atoms. The smallest absolute Gasteiger partial charge is 0.385 e. The van der Waals surface area contributed by atoms with E-state index >= 15 is 0 Å². The second-order valence-electron chi connectivity index (χ2n) is 3.99. The highest BCUT2D eigenvalue weighted by Crippen LogP contribution is 2.07. The Hall–Kier alpha value is -0.989. The highest BCUT2D eigenvalue weighted by atomic mass is 28.4. The molecule has 2 aromatic rings. The minimum atomic E-state index is -2.40. The molecule has 2 aromatic carbocycles. The average Bonchev–Trinajstić information content (AvgIpc) is 2.47. The lowest BCUT2D eigenvalue weighted by molar-refractivity contribution is 0.458. The van der Waals surface area contributed by atoms with Gasteiger partial charge in [0, 0.05) is 0 Å². The highest BCUT2D eigenvalue weighted by Gasteiger charge is 2.39. The molecule has 0 saturated carbocycles. The van der Waals surface area contributed by atoms with E-state index < -0.39 is 18.3 Å². The van der Waals surface area contributed by atoms with Crippen molar-refractivity contribution < 1.29 is 8.23 Å². The molecular formula is C13H18O2Si3. The molecule has 2 nitrogen and oxygen atoms in total. The lowest BCUT2D eigenvalue weighted by Gasteiger charge is -2.30. The van der Waals surface area contributed by atoms with Gasteiger partial charge in [-0.1, -0.05) is 67.2 Å². The van der Waals surface area contributed by atoms with E-state index in [9.17, 15) is 0 Å². The number of hydrogen-bond acceptors (Lipinski definition) is 2. The number of benzene rings is 2. The third-order valence-corrected chi connectivity index (χ3v) is 10.2. The van der Waals surface area contributed by atoms with Crippen LogP contribution in [0.4, 0.5) is 0 Å². The van der Waals surface area contributed by atoms with Crippen LogP contribution in [0.1, 0.15) is 0 Å². The van der Waals surface area contributed by atoms with Crippen LogP contribution in [-0.2, 0) is 8.23 Å². The lowest BCUT2D eigenvalue weighted by atomic mass is 10.4. The summed E-state index contributed by atoms with van der Waals surface area (Å²) in [5.74, 6) is 0. The molecule has 0 N–H and O–H groups in total. The highest BCUT2D eigenvalue weighted by molar-refractivity contribution is 6.96. The fourth-order valence-corrected chi connectivity index (χ4v) is 10.1. The monoisotopic (exact) mass is 290 g/mol. The summed E-state index contributed by atoms with van der Waals surface area (Å²) in [6.07, 6.45) is 0. The Balaban J connectivity index is 2.53. The van der Waals surface area contributed by atoms with Crippen molar-refractivity contribution in [2.45, 2.75) is 6.55 Å². The van der Waals surface area contributed by atoms with Crippen LogP contribution < -0.4 is 10.4 Å². The van der Waals surface area contributed by atoms with Crippen molar-refractivity contribution in [3.63, 3.8) is 0 Å². The zero-order valence-corrected chi connectivity index (χ0v) is 15.2. The minimum absolute atomic E-state index is 0.530. The molecule has 0 aromatic heterocycles. The first-order valence-electron chi connectivity index (χ1n) is 6.13. The molecule has 0 radical (unpaired) electrons. The molecule has 0 saturated heterocycles. The molecule has 0 fully saturated rings. The Morgan fingerprint density at radius 3 is 1.67 bits per heavy atom. The molecule has 0 aliphatic carbocycles. The first-order valence-corrected chi connectivity index (χ1v) is 10.8. The van der Waals surface area contributed by atoms with E-state index in [2.05, 4.69) is 55.1 Å². The molecule has 94 valence electrons. The van der Waals surface area contributed by atoms with Crippen LogP contribution in [0, 0.1) is 0 Å². The van der Waals surface area contributed by atoms with E-state index in [0.29, 0.717) is 10.5 Å². The van der Waals surface area contributed by atoms with Gasteiger partial charge in [0.05, 0.1) is 0 Å². The van der Waals surface area contributed by atoms with Crippen LogP contribution >= 0.6 is 0 Å². The topological polar surface area (TPSA) is 18.5 Å². The average molecular weight is 291 g/mol. The van der Waals surface area contributed by atoms with E-state index in [0.717, 1.165) is 0 Å². The lowest BCUT2D eigenvalue weighted by Crippen LogP contribution is -2.63. The van der Waals surface area contributed by atoms with Crippen molar-refractivity contribution >= 4 is 39.2 Å². The Labute approximate surface area is 115 Å². The summed E-state index contributed by atoms with van der Waals surface area (Å²) in [6.45, 7) is 2.16. The fraction of sp³-hybridized carbons (Fsp3) is 0.0769. The van der Waals surface area contributed by atoms with Gasteiger partial charge in [-0.3, -0.25) is 0 Å². The van der Waals surface area contributed by atoms with Crippen LogP contribution in [-0.4, -0.2) is 28.8 Å². The Kier molecular flexibility index (Phi) is 4.67. The van der Waals surface area contributed by atoms with Crippen LogP contribution in [0.5, 0.6) is 0 Å². The molecule has 18 heavy (non-hydrogen) atoms. The summed E-state index contributed by atoms with van der Waals surface area (Å²) in [4.78, 5) is 0. The molecule has 0 spiro atoms. The predicted octanol–water partition coefficient (Wildman–Crippen LogP) is -0.312. The molecule has 0 aliphatic rings. The van der Waals surface area contributed by atoms with Gasteiger partial charge >= 0.3 is 8.56 Å². The molecule has 2 rings (SSSR count). The van der Waals surface area contributed by atoms with Crippen molar-refractivity contribution in [3.05, 3.63) is 60.7 Å². The zero-order valence-electron chi connectivity index (χ0n) is 10.8. The Morgan fingerprint density at radius 2 is 1.33 bits per heavy atom. The normalized spacial score (nSPS) is 12.3. The predicted molar refractivity (Wildman–Crippen MR) is 84.4 cm³/mol. The first kappa shape index (κ1) is 13.4. The van der Waals surface area contributed by atoms with Crippen molar-refractivity contribution in [1.82, 2.24) is 0 Å². The van der Waals surface area contributed by atoms with Crippen LogP contribution in [0.3, 0.4) is 0 Å². The second-order valence-corrected chi connectivity index (χ2v) is 9.74.